The summed E-state index contributed by atoms with van der Waals surface area (Å²) in [5, 5.41) is 11.2. The van der Waals surface area contributed by atoms with Gasteiger partial charge in [-0.15, -0.1) is 0 Å². The van der Waals surface area contributed by atoms with E-state index in [1.807, 2.05) is 13.8 Å². The number of hydrogen-bond donors (Lipinski definition) is 1. The fourth-order valence-corrected chi connectivity index (χ4v) is 7.52. The second kappa shape index (κ2) is 7.06. The maximum Gasteiger partial charge on any atom is 0.303 e. The predicted molar refractivity (Wildman–Crippen MR) is 108 cm³/mol. The molecular formula is C24H30F2O5. The molecule has 7 heteroatoms. The molecule has 1 N–H and O–H groups in total. The Bertz CT molecular complexity index is 896. The molecule has 0 unspecified atom stereocenters. The Morgan fingerprint density at radius 3 is 2.58 bits per heavy atom. The second-order valence-electron chi connectivity index (χ2n) is 10.4. The van der Waals surface area contributed by atoms with Gasteiger partial charge in [0.25, 0.3) is 0 Å². The quantitative estimate of drug-likeness (QED) is 0.687. The molecule has 0 spiro atoms. The molecule has 3 saturated carbocycles. The van der Waals surface area contributed by atoms with Crippen LogP contribution in [0.1, 0.15) is 47.0 Å². The van der Waals surface area contributed by atoms with Crippen molar-refractivity contribution < 1.29 is 33.0 Å². The van der Waals surface area contributed by atoms with E-state index in [0.717, 1.165) is 0 Å². The fraction of sp³-hybridized carbons (Fsp3) is 0.708. The Morgan fingerprint density at radius 2 is 1.94 bits per heavy atom. The zero-order valence-corrected chi connectivity index (χ0v) is 18.4. The number of ketones is 2. The summed E-state index contributed by atoms with van der Waals surface area (Å²) in [6, 6.07) is 0. The summed E-state index contributed by atoms with van der Waals surface area (Å²) >= 11 is 0. The normalized spacial score (nSPS) is 48.4. The van der Waals surface area contributed by atoms with E-state index < -0.39 is 46.6 Å². The lowest BCUT2D eigenvalue weighted by atomic mass is 9.45. The first kappa shape index (κ1) is 22.3. The summed E-state index contributed by atoms with van der Waals surface area (Å²) in [6.45, 7) is 6.23. The van der Waals surface area contributed by atoms with Crippen LogP contribution in [0.5, 0.6) is 0 Å². The van der Waals surface area contributed by atoms with Gasteiger partial charge in [0.05, 0.1) is 6.10 Å². The van der Waals surface area contributed by atoms with Gasteiger partial charge in [0, 0.05) is 24.2 Å². The molecule has 0 heterocycles. The van der Waals surface area contributed by atoms with E-state index in [1.54, 1.807) is 6.92 Å². The summed E-state index contributed by atoms with van der Waals surface area (Å²) < 4.78 is 37.2. The van der Waals surface area contributed by atoms with Crippen LogP contribution < -0.4 is 0 Å². The Morgan fingerprint density at radius 1 is 1.26 bits per heavy atom. The third kappa shape index (κ3) is 2.91. The molecule has 0 aliphatic heterocycles. The largest absolute Gasteiger partial charge is 0.458 e. The van der Waals surface area contributed by atoms with Gasteiger partial charge in [-0.3, -0.25) is 14.4 Å². The molecule has 0 aromatic rings. The minimum atomic E-state index is -2.14. The Hall–Kier alpha value is -1.89. The van der Waals surface area contributed by atoms with Crippen LogP contribution in [-0.4, -0.2) is 47.2 Å². The smallest absolute Gasteiger partial charge is 0.303 e. The van der Waals surface area contributed by atoms with Crippen molar-refractivity contribution in [1.29, 1.82) is 0 Å². The molecule has 0 amide bonds. The van der Waals surface area contributed by atoms with E-state index in [-0.39, 0.29) is 48.4 Å². The van der Waals surface area contributed by atoms with Gasteiger partial charge in [-0.2, -0.15) is 0 Å². The molecule has 170 valence electrons. The molecule has 9 atom stereocenters. The molecule has 0 aromatic carbocycles. The molecule has 0 radical (unpaired) electrons. The van der Waals surface area contributed by atoms with Gasteiger partial charge >= 0.3 is 5.97 Å². The van der Waals surface area contributed by atoms with E-state index in [4.69, 9.17) is 4.74 Å². The lowest BCUT2D eigenvalue weighted by molar-refractivity contribution is -0.202. The van der Waals surface area contributed by atoms with Crippen molar-refractivity contribution in [2.24, 2.45) is 34.5 Å². The maximum absolute atomic E-state index is 17.0. The molecule has 4 rings (SSSR count). The minimum absolute atomic E-state index is 0.0487. The molecule has 31 heavy (non-hydrogen) atoms. The number of aliphatic hydroxyl groups excluding tert-OH is 1. The van der Waals surface area contributed by atoms with Gasteiger partial charge in [0.2, 0.25) is 0 Å². The number of hydrogen-bond acceptors (Lipinski definition) is 5. The van der Waals surface area contributed by atoms with Gasteiger partial charge < -0.3 is 9.84 Å². The SMILES string of the molecule is CC(=O)OCC(=O)[C@H]1[C@H](C)C[C@H]2[C@@H]3C[C@H](F)C4=CC(=O)C=C[C@]4(C)[C@@]3(F)[C@@H](O)C[C@]21C. The first-order valence-electron chi connectivity index (χ1n) is 11.0. The van der Waals surface area contributed by atoms with Crippen LogP contribution >= 0.6 is 0 Å². The van der Waals surface area contributed by atoms with Crippen molar-refractivity contribution in [2.75, 3.05) is 6.61 Å². The predicted octanol–water partition coefficient (Wildman–Crippen LogP) is 3.30. The number of carbonyl (C=O) groups excluding carboxylic acids is 3. The van der Waals surface area contributed by atoms with E-state index in [0.29, 0.717) is 6.42 Å². The van der Waals surface area contributed by atoms with Crippen molar-refractivity contribution in [3.8, 4) is 0 Å². The minimum Gasteiger partial charge on any atom is -0.458 e. The van der Waals surface area contributed by atoms with Crippen LogP contribution in [0.3, 0.4) is 0 Å². The highest BCUT2D eigenvalue weighted by atomic mass is 19.1. The van der Waals surface area contributed by atoms with Crippen molar-refractivity contribution in [1.82, 2.24) is 0 Å². The topological polar surface area (TPSA) is 80.7 Å². The maximum atomic E-state index is 17.0. The highest BCUT2D eigenvalue weighted by Crippen LogP contribution is 2.70. The van der Waals surface area contributed by atoms with E-state index >= 15 is 8.78 Å². The average Bonchev–Trinajstić information content (AvgIpc) is 2.94. The molecular weight excluding hydrogens is 406 g/mol. The highest BCUT2D eigenvalue weighted by molar-refractivity contribution is 6.01. The summed E-state index contributed by atoms with van der Waals surface area (Å²) in [6.07, 6.45) is 1.37. The number of allylic oxidation sites excluding steroid dienone is 4. The number of alkyl halides is 2. The van der Waals surface area contributed by atoms with Gasteiger partial charge in [-0.25, -0.2) is 8.78 Å². The molecule has 5 nitrogen and oxygen atoms in total. The summed E-state index contributed by atoms with van der Waals surface area (Å²) in [5.74, 6) is -2.91. The molecule has 4 aliphatic rings. The monoisotopic (exact) mass is 436 g/mol. The Labute approximate surface area is 180 Å². The van der Waals surface area contributed by atoms with Crippen molar-refractivity contribution in [2.45, 2.75) is 64.9 Å². The standard InChI is InChI=1S/C24H30F2O5/c1-12-7-15-16-9-18(25)17-8-14(28)5-6-23(17,4)24(16,26)20(30)10-22(15,3)21(12)19(29)11-31-13(2)27/h5-6,8,12,15-16,18,20-21,30H,7,9-11H2,1-4H3/t12-,15+,16+,18+,20+,21-,22-,23+,24+/m1/s1. The number of halogens is 2. The summed E-state index contributed by atoms with van der Waals surface area (Å²) in [4.78, 5) is 36.0. The Balaban J connectivity index is 1.74. The zero-order valence-electron chi connectivity index (χ0n) is 18.4. The number of esters is 1. The number of ether oxygens (including phenoxy) is 1. The molecule has 0 saturated heterocycles. The number of carbonyl (C=O) groups is 3. The van der Waals surface area contributed by atoms with Gasteiger partial charge in [0.15, 0.2) is 17.2 Å². The van der Waals surface area contributed by atoms with Gasteiger partial charge in [-0.1, -0.05) is 19.9 Å². The molecule has 3 fully saturated rings. The fourth-order valence-electron chi connectivity index (χ4n) is 7.52. The van der Waals surface area contributed by atoms with E-state index in [9.17, 15) is 19.5 Å². The third-order valence-corrected chi connectivity index (χ3v) is 8.73. The van der Waals surface area contributed by atoms with Crippen molar-refractivity contribution in [3.05, 3.63) is 23.8 Å². The Kier molecular flexibility index (Phi) is 5.08. The lowest BCUT2D eigenvalue weighted by Crippen LogP contribution is -2.68. The van der Waals surface area contributed by atoms with Crippen molar-refractivity contribution >= 4 is 17.5 Å². The number of fused-ring (bicyclic) bond motifs is 5. The van der Waals surface area contributed by atoms with Gasteiger partial charge in [-0.05, 0) is 61.2 Å². The zero-order chi connectivity index (χ0) is 22.9. The average molecular weight is 436 g/mol. The summed E-state index contributed by atoms with van der Waals surface area (Å²) in [5.41, 5.74) is -4.21. The van der Waals surface area contributed by atoms with Crippen LogP contribution in [0.4, 0.5) is 8.78 Å². The second-order valence-corrected chi connectivity index (χ2v) is 10.4. The lowest BCUT2D eigenvalue weighted by Gasteiger charge is -2.62. The van der Waals surface area contributed by atoms with Crippen LogP contribution in [0, 0.1) is 34.5 Å². The number of Topliss-reactive ketones (excluding diaryl/α,β-unsaturated/α-hetero) is 1. The first-order valence-corrected chi connectivity index (χ1v) is 11.0. The molecule has 0 bridgehead atoms. The number of rotatable bonds is 3. The van der Waals surface area contributed by atoms with Crippen molar-refractivity contribution in [3.63, 3.8) is 0 Å². The first-order chi connectivity index (χ1) is 14.4. The third-order valence-electron chi connectivity index (χ3n) is 8.73. The van der Waals surface area contributed by atoms with Crippen LogP contribution in [0.15, 0.2) is 23.8 Å². The van der Waals surface area contributed by atoms with E-state index in [1.165, 1.54) is 25.2 Å². The van der Waals surface area contributed by atoms with Crippen LogP contribution in [0.2, 0.25) is 0 Å². The highest BCUT2D eigenvalue weighted by Gasteiger charge is 2.73. The van der Waals surface area contributed by atoms with E-state index in [2.05, 4.69) is 0 Å². The molecule has 0 aromatic heterocycles. The number of aliphatic hydroxyl groups is 1. The van der Waals surface area contributed by atoms with Crippen LogP contribution in [0.25, 0.3) is 0 Å². The summed E-state index contributed by atoms with van der Waals surface area (Å²) in [7, 11) is 0. The van der Waals surface area contributed by atoms with Gasteiger partial charge in [0.1, 0.15) is 12.8 Å². The molecule has 4 aliphatic carbocycles. The van der Waals surface area contributed by atoms with Crippen LogP contribution in [-0.2, 0) is 19.1 Å².